The molecule has 0 aromatic carbocycles. The lowest BCUT2D eigenvalue weighted by Crippen LogP contribution is -2.53. The van der Waals surface area contributed by atoms with Crippen molar-refractivity contribution >= 4 is 17.4 Å². The number of carbonyl (C=O) groups is 1. The normalized spacial score (nSPS) is 52.0. The largest absolute Gasteiger partial charge is 0.377 e. The van der Waals surface area contributed by atoms with Gasteiger partial charge in [0.2, 0.25) is 0 Å². The predicted octanol–water partition coefficient (Wildman–Crippen LogP) is 3.71. The van der Waals surface area contributed by atoms with Crippen molar-refractivity contribution in [3.63, 3.8) is 0 Å². The van der Waals surface area contributed by atoms with Crippen LogP contribution >= 0.6 is 11.6 Å². The molecule has 0 amide bonds. The molecule has 23 heavy (non-hydrogen) atoms. The van der Waals surface area contributed by atoms with Gasteiger partial charge >= 0.3 is 0 Å². The minimum Gasteiger partial charge on any atom is -0.377 e. The summed E-state index contributed by atoms with van der Waals surface area (Å²) >= 11 is 6.62. The van der Waals surface area contributed by atoms with Gasteiger partial charge in [-0.3, -0.25) is 4.79 Å². The third kappa shape index (κ3) is 2.02. The van der Waals surface area contributed by atoms with E-state index in [9.17, 15) is 9.90 Å². The fourth-order valence-electron chi connectivity index (χ4n) is 6.46. The molecule has 1 N–H and O–H groups in total. The molecule has 4 aliphatic carbocycles. The number of allylic oxidation sites excluding steroid dienone is 1. The molecule has 3 heteroatoms. The number of alkyl halides is 1. The van der Waals surface area contributed by atoms with Gasteiger partial charge in [-0.05, 0) is 62.4 Å². The quantitative estimate of drug-likeness (QED) is 0.542. The highest BCUT2D eigenvalue weighted by Gasteiger charge is 2.62. The van der Waals surface area contributed by atoms with Crippen LogP contribution in [0.3, 0.4) is 0 Å². The number of terminal acetylenes is 1. The average Bonchev–Trinajstić information content (AvgIpc) is 2.79. The fourth-order valence-corrected chi connectivity index (χ4v) is 6.96. The molecule has 0 aliphatic heterocycles. The third-order valence-corrected chi connectivity index (χ3v) is 8.10. The van der Waals surface area contributed by atoms with Gasteiger partial charge < -0.3 is 5.11 Å². The van der Waals surface area contributed by atoms with E-state index in [1.54, 1.807) is 0 Å². The lowest BCUT2D eigenvalue weighted by molar-refractivity contribution is -0.116. The van der Waals surface area contributed by atoms with Gasteiger partial charge in [0.1, 0.15) is 5.60 Å². The predicted molar refractivity (Wildman–Crippen MR) is 90.9 cm³/mol. The van der Waals surface area contributed by atoms with Gasteiger partial charge in [0.25, 0.3) is 0 Å². The van der Waals surface area contributed by atoms with Gasteiger partial charge in [-0.2, -0.15) is 0 Å². The Bertz CT molecular complexity index is 618. The maximum absolute atomic E-state index is 11.8. The fraction of sp³-hybridized carbons (Fsp3) is 0.750. The maximum Gasteiger partial charge on any atom is 0.157 e. The molecule has 0 saturated heterocycles. The lowest BCUT2D eigenvalue weighted by atomic mass is 9.50. The minimum atomic E-state index is -0.943. The number of hydrogen-bond donors (Lipinski definition) is 1. The molecule has 3 saturated carbocycles. The number of aliphatic hydroxyl groups is 1. The van der Waals surface area contributed by atoms with Crippen molar-refractivity contribution in [1.82, 2.24) is 0 Å². The molecule has 0 heterocycles. The topological polar surface area (TPSA) is 37.3 Å². The zero-order valence-electron chi connectivity index (χ0n) is 13.7. The van der Waals surface area contributed by atoms with Crippen LogP contribution in [-0.2, 0) is 4.79 Å². The highest BCUT2D eigenvalue weighted by molar-refractivity contribution is 6.23. The van der Waals surface area contributed by atoms with Crippen LogP contribution in [0.15, 0.2) is 11.6 Å². The van der Waals surface area contributed by atoms with E-state index in [0.29, 0.717) is 30.1 Å². The molecule has 2 nitrogen and oxygen atoms in total. The Labute approximate surface area is 143 Å². The smallest absolute Gasteiger partial charge is 0.157 e. The average molecular weight is 333 g/mol. The summed E-state index contributed by atoms with van der Waals surface area (Å²) in [4.78, 5) is 11.8. The summed E-state index contributed by atoms with van der Waals surface area (Å²) < 4.78 is 0. The van der Waals surface area contributed by atoms with Crippen molar-refractivity contribution in [3.8, 4) is 12.3 Å². The number of halogens is 1. The highest BCUT2D eigenvalue weighted by atomic mass is 35.5. The zero-order chi connectivity index (χ0) is 16.4. The van der Waals surface area contributed by atoms with E-state index in [2.05, 4.69) is 12.8 Å². The zero-order valence-corrected chi connectivity index (χ0v) is 14.5. The Hall–Kier alpha value is -0.780. The van der Waals surface area contributed by atoms with Crippen LogP contribution in [0.4, 0.5) is 0 Å². The SMILES string of the molecule is C#C[C@]1(O)CC[C@H]2[C@@H]3CCC4=CC(=O)CC(Cl)[C@@H]4[C@H]3CC[C@@]21C. The van der Waals surface area contributed by atoms with Gasteiger partial charge in [0.05, 0.1) is 0 Å². The summed E-state index contributed by atoms with van der Waals surface area (Å²) in [7, 11) is 0. The van der Waals surface area contributed by atoms with Crippen molar-refractivity contribution < 1.29 is 9.90 Å². The molecule has 0 aromatic heterocycles. The van der Waals surface area contributed by atoms with Crippen LogP contribution in [-0.4, -0.2) is 21.9 Å². The van der Waals surface area contributed by atoms with Crippen LogP contribution in [0, 0.1) is 41.4 Å². The summed E-state index contributed by atoms with van der Waals surface area (Å²) in [6.45, 7) is 2.20. The second-order valence-electron chi connectivity index (χ2n) is 8.40. The van der Waals surface area contributed by atoms with Gasteiger partial charge in [-0.25, -0.2) is 0 Å². The maximum atomic E-state index is 11.8. The first-order chi connectivity index (χ1) is 10.9. The number of hydrogen-bond acceptors (Lipinski definition) is 2. The van der Waals surface area contributed by atoms with E-state index in [1.807, 2.05) is 6.08 Å². The first-order valence-electron chi connectivity index (χ1n) is 8.97. The van der Waals surface area contributed by atoms with Crippen molar-refractivity contribution in [2.75, 3.05) is 0 Å². The van der Waals surface area contributed by atoms with Gasteiger partial charge in [0, 0.05) is 23.1 Å². The Kier molecular flexibility index (Phi) is 3.49. The number of ketones is 1. The van der Waals surface area contributed by atoms with Gasteiger partial charge in [-0.15, -0.1) is 18.0 Å². The first-order valence-corrected chi connectivity index (χ1v) is 9.41. The Morgan fingerprint density at radius 1 is 1.30 bits per heavy atom. The molecular formula is C20H25ClO2. The van der Waals surface area contributed by atoms with Crippen molar-refractivity contribution in [3.05, 3.63) is 11.6 Å². The third-order valence-electron chi connectivity index (χ3n) is 7.67. The van der Waals surface area contributed by atoms with E-state index in [1.165, 1.54) is 5.57 Å². The Balaban J connectivity index is 1.68. The monoisotopic (exact) mass is 332 g/mol. The number of rotatable bonds is 0. The summed E-state index contributed by atoms with van der Waals surface area (Å²) in [5.41, 5.74) is 0.189. The molecule has 4 aliphatic rings. The van der Waals surface area contributed by atoms with Crippen LogP contribution in [0.2, 0.25) is 0 Å². The molecular weight excluding hydrogens is 308 g/mol. The van der Waals surface area contributed by atoms with E-state index in [4.69, 9.17) is 18.0 Å². The molecule has 3 fully saturated rings. The summed E-state index contributed by atoms with van der Waals surface area (Å²) in [5.74, 6) is 4.91. The minimum absolute atomic E-state index is 0.0485. The summed E-state index contributed by atoms with van der Waals surface area (Å²) in [6, 6.07) is 0. The van der Waals surface area contributed by atoms with Crippen LogP contribution < -0.4 is 0 Å². The van der Waals surface area contributed by atoms with Gasteiger partial charge in [0.15, 0.2) is 5.78 Å². The lowest BCUT2D eigenvalue weighted by Gasteiger charge is -2.55. The summed E-state index contributed by atoms with van der Waals surface area (Å²) in [5, 5.41) is 10.9. The summed E-state index contributed by atoms with van der Waals surface area (Å²) in [6.07, 6.45) is 14.0. The van der Waals surface area contributed by atoms with E-state index in [0.717, 1.165) is 38.5 Å². The van der Waals surface area contributed by atoms with Crippen molar-refractivity contribution in [2.45, 2.75) is 62.8 Å². The van der Waals surface area contributed by atoms with Crippen LogP contribution in [0.25, 0.3) is 0 Å². The van der Waals surface area contributed by atoms with Crippen molar-refractivity contribution in [1.29, 1.82) is 0 Å². The van der Waals surface area contributed by atoms with E-state index >= 15 is 0 Å². The van der Waals surface area contributed by atoms with Crippen molar-refractivity contribution in [2.24, 2.45) is 29.1 Å². The molecule has 0 spiro atoms. The second kappa shape index (κ2) is 5.11. The van der Waals surface area contributed by atoms with E-state index in [-0.39, 0.29) is 16.6 Å². The van der Waals surface area contributed by atoms with E-state index < -0.39 is 5.60 Å². The van der Waals surface area contributed by atoms with Crippen LogP contribution in [0.1, 0.15) is 51.9 Å². The molecule has 124 valence electrons. The second-order valence-corrected chi connectivity index (χ2v) is 8.96. The Morgan fingerprint density at radius 2 is 2.09 bits per heavy atom. The molecule has 0 radical (unpaired) electrons. The molecule has 0 aromatic rings. The molecule has 1 unspecified atom stereocenters. The molecule has 4 rings (SSSR count). The van der Waals surface area contributed by atoms with Crippen LogP contribution in [0.5, 0.6) is 0 Å². The first kappa shape index (κ1) is 15.7. The molecule has 7 atom stereocenters. The number of fused-ring (bicyclic) bond motifs is 5. The highest BCUT2D eigenvalue weighted by Crippen LogP contribution is 2.64. The standard InChI is InChI=1S/C20H25ClO2/c1-3-20(23)9-7-16-14-5-4-12-10-13(22)11-17(21)18(12)15(14)6-8-19(16,20)2/h1,10,14-18,23H,4-9,11H2,2H3/t14-,15+,16+,17?,18+,19+,20+/m1/s1. The molecule has 0 bridgehead atoms. The Morgan fingerprint density at radius 3 is 2.83 bits per heavy atom. The van der Waals surface area contributed by atoms with Gasteiger partial charge in [-0.1, -0.05) is 18.4 Å². The number of carbonyl (C=O) groups excluding carboxylic acids is 1.